The summed E-state index contributed by atoms with van der Waals surface area (Å²) in [5.74, 6) is -0.930. The summed E-state index contributed by atoms with van der Waals surface area (Å²) in [7, 11) is 1.54. The Morgan fingerprint density at radius 2 is 2.19 bits per heavy atom. The molecule has 86 valence electrons. The van der Waals surface area contributed by atoms with Crippen molar-refractivity contribution in [1.29, 1.82) is 0 Å². The van der Waals surface area contributed by atoms with E-state index in [0.29, 0.717) is 4.90 Å². The van der Waals surface area contributed by atoms with Crippen LogP contribution in [0.1, 0.15) is 10.4 Å². The molecule has 1 amide bonds. The van der Waals surface area contributed by atoms with E-state index in [1.54, 1.807) is 19.2 Å². The molecule has 0 aliphatic carbocycles. The van der Waals surface area contributed by atoms with Gasteiger partial charge in [-0.1, -0.05) is 15.9 Å². The van der Waals surface area contributed by atoms with Crippen LogP contribution in [0.3, 0.4) is 0 Å². The van der Waals surface area contributed by atoms with E-state index in [9.17, 15) is 9.59 Å². The van der Waals surface area contributed by atoms with Crippen LogP contribution >= 0.6 is 27.7 Å². The Kier molecular flexibility index (Phi) is 4.82. The molecule has 0 saturated carbocycles. The van der Waals surface area contributed by atoms with Gasteiger partial charge in [0, 0.05) is 16.4 Å². The Labute approximate surface area is 106 Å². The number of carbonyl (C=O) groups excluding carboxylic acids is 1. The van der Waals surface area contributed by atoms with Crippen molar-refractivity contribution in [3.05, 3.63) is 28.2 Å². The van der Waals surface area contributed by atoms with Gasteiger partial charge in [-0.05, 0) is 18.2 Å². The zero-order valence-corrected chi connectivity index (χ0v) is 10.9. The molecule has 0 bridgehead atoms. The Balaban J connectivity index is 2.88. The standard InChI is InChI=1S/C10H10BrNO3S/c1-12-9(13)5-16-8-4-6(11)2-3-7(8)10(14)15/h2-4H,5H2,1H3,(H,12,13)(H,14,15). The molecule has 0 saturated heterocycles. The fourth-order valence-electron chi connectivity index (χ4n) is 1.01. The maximum absolute atomic E-state index is 11.1. The SMILES string of the molecule is CNC(=O)CSc1cc(Br)ccc1C(=O)O. The Morgan fingerprint density at radius 3 is 2.75 bits per heavy atom. The van der Waals surface area contributed by atoms with Gasteiger partial charge < -0.3 is 10.4 Å². The molecule has 16 heavy (non-hydrogen) atoms. The lowest BCUT2D eigenvalue weighted by Crippen LogP contribution is -2.19. The molecule has 0 aromatic heterocycles. The number of nitrogens with one attached hydrogen (secondary N) is 1. The number of halogens is 1. The van der Waals surface area contributed by atoms with Crippen LogP contribution in [0.4, 0.5) is 0 Å². The number of hydrogen-bond acceptors (Lipinski definition) is 3. The molecule has 6 heteroatoms. The first-order valence-electron chi connectivity index (χ1n) is 4.41. The van der Waals surface area contributed by atoms with E-state index in [0.717, 1.165) is 4.47 Å². The van der Waals surface area contributed by atoms with Crippen molar-refractivity contribution < 1.29 is 14.7 Å². The molecule has 1 aromatic carbocycles. The van der Waals surface area contributed by atoms with Crippen molar-refractivity contribution in [2.45, 2.75) is 4.90 Å². The van der Waals surface area contributed by atoms with E-state index in [4.69, 9.17) is 5.11 Å². The highest BCUT2D eigenvalue weighted by Crippen LogP contribution is 2.26. The highest BCUT2D eigenvalue weighted by Gasteiger charge is 2.11. The number of carboxylic acids is 1. The van der Waals surface area contributed by atoms with E-state index < -0.39 is 5.97 Å². The highest BCUT2D eigenvalue weighted by atomic mass is 79.9. The van der Waals surface area contributed by atoms with Crippen molar-refractivity contribution in [2.75, 3.05) is 12.8 Å². The van der Waals surface area contributed by atoms with Crippen LogP contribution in [-0.4, -0.2) is 29.8 Å². The number of benzene rings is 1. The van der Waals surface area contributed by atoms with Crippen molar-refractivity contribution in [3.8, 4) is 0 Å². The van der Waals surface area contributed by atoms with Gasteiger partial charge in [0.05, 0.1) is 11.3 Å². The van der Waals surface area contributed by atoms with Gasteiger partial charge in [0.25, 0.3) is 0 Å². The average molecular weight is 304 g/mol. The number of amides is 1. The first kappa shape index (κ1) is 13.1. The van der Waals surface area contributed by atoms with Crippen LogP contribution in [0.2, 0.25) is 0 Å². The smallest absolute Gasteiger partial charge is 0.336 e. The Morgan fingerprint density at radius 1 is 1.50 bits per heavy atom. The monoisotopic (exact) mass is 303 g/mol. The fraction of sp³-hybridized carbons (Fsp3) is 0.200. The quantitative estimate of drug-likeness (QED) is 0.835. The van der Waals surface area contributed by atoms with E-state index in [2.05, 4.69) is 21.2 Å². The second-order valence-corrected chi connectivity index (χ2v) is 4.84. The lowest BCUT2D eigenvalue weighted by atomic mass is 10.2. The summed E-state index contributed by atoms with van der Waals surface area (Å²) < 4.78 is 0.789. The first-order chi connectivity index (χ1) is 7.54. The highest BCUT2D eigenvalue weighted by molar-refractivity contribution is 9.10. The molecule has 0 aliphatic rings. The molecule has 1 aromatic rings. The predicted octanol–water partition coefficient (Wildman–Crippen LogP) is 1.99. The maximum atomic E-state index is 11.1. The van der Waals surface area contributed by atoms with Crippen molar-refractivity contribution in [1.82, 2.24) is 5.32 Å². The van der Waals surface area contributed by atoms with Gasteiger partial charge >= 0.3 is 5.97 Å². The molecule has 4 nitrogen and oxygen atoms in total. The predicted molar refractivity (Wildman–Crippen MR) is 65.9 cm³/mol. The average Bonchev–Trinajstić information content (AvgIpc) is 2.25. The van der Waals surface area contributed by atoms with Crippen LogP contribution in [-0.2, 0) is 4.79 Å². The van der Waals surface area contributed by atoms with Gasteiger partial charge in [0.15, 0.2) is 0 Å². The number of carboxylic acid groups (broad SMARTS) is 1. The van der Waals surface area contributed by atoms with E-state index >= 15 is 0 Å². The molecular formula is C10H10BrNO3S. The van der Waals surface area contributed by atoms with Crippen molar-refractivity contribution in [2.24, 2.45) is 0 Å². The lowest BCUT2D eigenvalue weighted by Gasteiger charge is -2.05. The number of aromatic carboxylic acids is 1. The summed E-state index contributed by atoms with van der Waals surface area (Å²) in [5, 5.41) is 11.4. The molecular weight excluding hydrogens is 294 g/mol. The summed E-state index contributed by atoms with van der Waals surface area (Å²) in [6.07, 6.45) is 0. The Hall–Kier alpha value is -1.01. The minimum Gasteiger partial charge on any atom is -0.478 e. The summed E-state index contributed by atoms with van der Waals surface area (Å²) in [5.41, 5.74) is 0.206. The molecule has 0 aliphatic heterocycles. The second-order valence-electron chi connectivity index (χ2n) is 2.91. The van der Waals surface area contributed by atoms with Crippen LogP contribution < -0.4 is 5.32 Å². The minimum absolute atomic E-state index is 0.138. The van der Waals surface area contributed by atoms with E-state index in [1.165, 1.54) is 17.8 Å². The Bertz CT molecular complexity index is 423. The minimum atomic E-state index is -0.994. The second kappa shape index (κ2) is 5.91. The summed E-state index contributed by atoms with van der Waals surface area (Å²) >= 11 is 4.46. The zero-order chi connectivity index (χ0) is 12.1. The third-order valence-electron chi connectivity index (χ3n) is 1.81. The molecule has 0 atom stereocenters. The van der Waals surface area contributed by atoms with Gasteiger partial charge in [-0.15, -0.1) is 11.8 Å². The molecule has 0 fully saturated rings. The number of thioether (sulfide) groups is 1. The van der Waals surface area contributed by atoms with Gasteiger partial charge in [0.1, 0.15) is 0 Å². The van der Waals surface area contributed by atoms with Crippen molar-refractivity contribution in [3.63, 3.8) is 0 Å². The largest absolute Gasteiger partial charge is 0.478 e. The third-order valence-corrected chi connectivity index (χ3v) is 3.36. The van der Waals surface area contributed by atoms with Gasteiger partial charge in [0.2, 0.25) is 5.91 Å². The third kappa shape index (κ3) is 3.53. The normalized spacial score (nSPS) is 9.88. The molecule has 0 unspecified atom stereocenters. The lowest BCUT2D eigenvalue weighted by molar-refractivity contribution is -0.118. The van der Waals surface area contributed by atoms with Crippen LogP contribution in [0.25, 0.3) is 0 Å². The van der Waals surface area contributed by atoms with Crippen molar-refractivity contribution >= 4 is 39.6 Å². The maximum Gasteiger partial charge on any atom is 0.336 e. The zero-order valence-electron chi connectivity index (χ0n) is 8.49. The van der Waals surface area contributed by atoms with Gasteiger partial charge in [-0.3, -0.25) is 4.79 Å². The summed E-state index contributed by atoms with van der Waals surface area (Å²) in [6, 6.07) is 4.86. The molecule has 0 spiro atoms. The van der Waals surface area contributed by atoms with Crippen LogP contribution in [0.15, 0.2) is 27.6 Å². The topological polar surface area (TPSA) is 66.4 Å². The molecule has 0 radical (unpaired) electrons. The summed E-state index contributed by atoms with van der Waals surface area (Å²) in [6.45, 7) is 0. The molecule has 1 rings (SSSR count). The van der Waals surface area contributed by atoms with Crippen LogP contribution in [0.5, 0.6) is 0 Å². The summed E-state index contributed by atoms with van der Waals surface area (Å²) in [4.78, 5) is 22.6. The number of carbonyl (C=O) groups is 2. The molecule has 2 N–H and O–H groups in total. The molecule has 0 heterocycles. The fourth-order valence-corrected chi connectivity index (χ4v) is 2.47. The first-order valence-corrected chi connectivity index (χ1v) is 6.18. The van der Waals surface area contributed by atoms with E-state index in [1.807, 2.05) is 0 Å². The van der Waals surface area contributed by atoms with E-state index in [-0.39, 0.29) is 17.2 Å². The van der Waals surface area contributed by atoms with Gasteiger partial charge in [-0.25, -0.2) is 4.79 Å². The van der Waals surface area contributed by atoms with Gasteiger partial charge in [-0.2, -0.15) is 0 Å². The van der Waals surface area contributed by atoms with Crippen LogP contribution in [0, 0.1) is 0 Å². The number of hydrogen-bond donors (Lipinski definition) is 2. The number of rotatable bonds is 4.